The van der Waals surface area contributed by atoms with E-state index in [2.05, 4.69) is 10.6 Å². The smallest absolute Gasteiger partial charge is 0.338 e. The van der Waals surface area contributed by atoms with E-state index in [0.717, 1.165) is 5.56 Å². The lowest BCUT2D eigenvalue weighted by atomic mass is 10.1. The zero-order chi connectivity index (χ0) is 22.4. The Kier molecular flexibility index (Phi) is 6.48. The minimum absolute atomic E-state index is 0.135. The van der Waals surface area contributed by atoms with Crippen LogP contribution in [0, 0.1) is 18.3 Å². The molecule has 156 valence electrons. The van der Waals surface area contributed by atoms with E-state index in [-0.39, 0.29) is 11.3 Å². The Morgan fingerprint density at radius 3 is 2.52 bits per heavy atom. The average molecular weight is 417 g/mol. The van der Waals surface area contributed by atoms with Crippen molar-refractivity contribution in [2.45, 2.75) is 20.0 Å². The zero-order valence-corrected chi connectivity index (χ0v) is 16.8. The number of nitriles is 1. The Morgan fingerprint density at radius 2 is 1.81 bits per heavy atom. The third kappa shape index (κ3) is 5.16. The predicted molar refractivity (Wildman–Crippen MR) is 113 cm³/mol. The van der Waals surface area contributed by atoms with Crippen LogP contribution >= 0.6 is 0 Å². The summed E-state index contributed by atoms with van der Waals surface area (Å²) in [4.78, 5) is 37.1. The third-order valence-corrected chi connectivity index (χ3v) is 4.42. The molecule has 1 heterocycles. The second-order valence-electron chi connectivity index (χ2n) is 6.66. The second-order valence-corrected chi connectivity index (χ2v) is 6.66. The molecule has 0 saturated heterocycles. The number of para-hydroxylation sites is 1. The van der Waals surface area contributed by atoms with E-state index in [4.69, 9.17) is 14.4 Å². The molecule has 0 aliphatic carbocycles. The molecule has 0 aliphatic rings. The van der Waals surface area contributed by atoms with Gasteiger partial charge in [0.15, 0.2) is 11.9 Å². The van der Waals surface area contributed by atoms with Gasteiger partial charge < -0.3 is 19.8 Å². The first-order valence-electron chi connectivity index (χ1n) is 9.35. The van der Waals surface area contributed by atoms with Crippen LogP contribution in [0.2, 0.25) is 0 Å². The molecule has 1 aromatic heterocycles. The van der Waals surface area contributed by atoms with Crippen LogP contribution < -0.4 is 10.6 Å². The van der Waals surface area contributed by atoms with Crippen LogP contribution in [0.5, 0.6) is 0 Å². The summed E-state index contributed by atoms with van der Waals surface area (Å²) in [5.41, 5.74) is 1.93. The van der Waals surface area contributed by atoms with E-state index < -0.39 is 23.9 Å². The molecule has 8 nitrogen and oxygen atoms in total. The van der Waals surface area contributed by atoms with Crippen LogP contribution in [0.1, 0.15) is 39.0 Å². The van der Waals surface area contributed by atoms with Crippen molar-refractivity contribution in [1.29, 1.82) is 5.26 Å². The van der Waals surface area contributed by atoms with E-state index in [1.807, 2.05) is 6.07 Å². The summed E-state index contributed by atoms with van der Waals surface area (Å²) >= 11 is 0. The van der Waals surface area contributed by atoms with E-state index in [0.29, 0.717) is 16.9 Å². The van der Waals surface area contributed by atoms with Gasteiger partial charge in [-0.25, -0.2) is 4.79 Å². The highest BCUT2D eigenvalue weighted by Gasteiger charge is 2.21. The SMILES string of the molecule is Cc1ccc(C(=O)O[C@@H](C)C(=O)Nc2ccccc2C#N)cc1NC(=O)c1ccco1. The lowest BCUT2D eigenvalue weighted by molar-refractivity contribution is -0.123. The molecule has 2 aromatic carbocycles. The summed E-state index contributed by atoms with van der Waals surface area (Å²) in [6.07, 6.45) is 0.276. The maximum Gasteiger partial charge on any atom is 0.338 e. The average Bonchev–Trinajstić information content (AvgIpc) is 3.30. The van der Waals surface area contributed by atoms with Crippen LogP contribution in [0.3, 0.4) is 0 Å². The number of hydrogen-bond acceptors (Lipinski definition) is 6. The standard InChI is InChI=1S/C23H19N3O5/c1-14-9-10-16(12-19(14)26-22(28)20-8-5-11-30-20)23(29)31-15(2)21(27)25-18-7-4-3-6-17(18)13-24/h3-12,15H,1-2H3,(H,25,27)(H,26,28)/t15-/m0/s1. The predicted octanol–water partition coefficient (Wildman–Crippen LogP) is 3.90. The van der Waals surface area contributed by atoms with Crippen LogP contribution in [0.15, 0.2) is 65.3 Å². The van der Waals surface area contributed by atoms with Crippen molar-refractivity contribution in [3.8, 4) is 6.07 Å². The number of carbonyl (C=O) groups is 3. The van der Waals surface area contributed by atoms with Crippen molar-refractivity contribution < 1.29 is 23.5 Å². The fourth-order valence-corrected chi connectivity index (χ4v) is 2.68. The first-order valence-corrected chi connectivity index (χ1v) is 9.35. The van der Waals surface area contributed by atoms with Gasteiger partial charge in [0.05, 0.1) is 23.1 Å². The van der Waals surface area contributed by atoms with Crippen LogP contribution in [0.25, 0.3) is 0 Å². The number of nitrogens with one attached hydrogen (secondary N) is 2. The summed E-state index contributed by atoms with van der Waals surface area (Å²) < 4.78 is 10.3. The van der Waals surface area contributed by atoms with Gasteiger partial charge in [-0.15, -0.1) is 0 Å². The molecular formula is C23H19N3O5. The molecule has 0 unspecified atom stereocenters. The van der Waals surface area contributed by atoms with Gasteiger partial charge in [-0.1, -0.05) is 18.2 Å². The minimum atomic E-state index is -1.11. The first kappa shape index (κ1) is 21.3. The molecule has 0 fully saturated rings. The molecule has 31 heavy (non-hydrogen) atoms. The third-order valence-electron chi connectivity index (χ3n) is 4.42. The van der Waals surface area contributed by atoms with E-state index >= 15 is 0 Å². The van der Waals surface area contributed by atoms with Gasteiger partial charge in [-0.05, 0) is 55.8 Å². The number of esters is 1. The number of nitrogens with zero attached hydrogens (tertiary/aromatic N) is 1. The molecule has 2 N–H and O–H groups in total. The van der Waals surface area contributed by atoms with Crippen molar-refractivity contribution in [2.24, 2.45) is 0 Å². The molecule has 3 aromatic rings. The fraction of sp³-hybridized carbons (Fsp3) is 0.130. The first-order chi connectivity index (χ1) is 14.9. The van der Waals surface area contributed by atoms with E-state index in [1.165, 1.54) is 31.4 Å². The topological polar surface area (TPSA) is 121 Å². The normalized spacial score (nSPS) is 11.1. The molecular weight excluding hydrogens is 398 g/mol. The lowest BCUT2D eigenvalue weighted by Crippen LogP contribution is -2.30. The molecule has 2 amide bonds. The quantitative estimate of drug-likeness (QED) is 0.587. The van der Waals surface area contributed by atoms with Crippen molar-refractivity contribution >= 4 is 29.2 Å². The Morgan fingerprint density at radius 1 is 1.03 bits per heavy atom. The summed E-state index contributed by atoms with van der Waals surface area (Å²) in [6, 6.07) is 16.3. The Hall–Kier alpha value is -4.38. The lowest BCUT2D eigenvalue weighted by Gasteiger charge is -2.15. The van der Waals surface area contributed by atoms with Gasteiger partial charge in [0, 0.05) is 5.69 Å². The van der Waals surface area contributed by atoms with Crippen molar-refractivity contribution in [2.75, 3.05) is 10.6 Å². The number of carbonyl (C=O) groups excluding carboxylic acids is 3. The molecule has 0 spiro atoms. The number of anilines is 2. The number of hydrogen-bond donors (Lipinski definition) is 2. The van der Waals surface area contributed by atoms with Gasteiger partial charge in [-0.2, -0.15) is 5.26 Å². The van der Waals surface area contributed by atoms with Gasteiger partial charge >= 0.3 is 5.97 Å². The monoisotopic (exact) mass is 417 g/mol. The number of benzene rings is 2. The molecule has 0 saturated carbocycles. The van der Waals surface area contributed by atoms with Gasteiger partial charge in [0.1, 0.15) is 6.07 Å². The molecule has 8 heteroatoms. The maximum absolute atomic E-state index is 12.5. The van der Waals surface area contributed by atoms with Gasteiger partial charge in [-0.3, -0.25) is 9.59 Å². The van der Waals surface area contributed by atoms with Crippen molar-refractivity contribution in [3.05, 3.63) is 83.3 Å². The number of rotatable bonds is 6. The van der Waals surface area contributed by atoms with Crippen molar-refractivity contribution in [1.82, 2.24) is 0 Å². The Bertz CT molecular complexity index is 1160. The van der Waals surface area contributed by atoms with Crippen LogP contribution in [-0.2, 0) is 9.53 Å². The summed E-state index contributed by atoms with van der Waals surface area (Å²) in [5.74, 6) is -1.63. The highest BCUT2D eigenvalue weighted by atomic mass is 16.5. The zero-order valence-electron chi connectivity index (χ0n) is 16.8. The molecule has 0 radical (unpaired) electrons. The van der Waals surface area contributed by atoms with E-state index in [1.54, 1.807) is 43.3 Å². The molecule has 3 rings (SSSR count). The Labute approximate surface area is 178 Å². The molecule has 0 bridgehead atoms. The maximum atomic E-state index is 12.5. The van der Waals surface area contributed by atoms with E-state index in [9.17, 15) is 14.4 Å². The van der Waals surface area contributed by atoms with Crippen molar-refractivity contribution in [3.63, 3.8) is 0 Å². The Balaban J connectivity index is 1.67. The number of ether oxygens (including phenoxy) is 1. The summed E-state index contributed by atoms with van der Waals surface area (Å²) in [5, 5.41) is 14.4. The highest BCUT2D eigenvalue weighted by molar-refractivity contribution is 6.04. The molecule has 1 atom stereocenters. The number of amides is 2. The highest BCUT2D eigenvalue weighted by Crippen LogP contribution is 2.20. The summed E-state index contributed by atoms with van der Waals surface area (Å²) in [6.45, 7) is 3.20. The van der Waals surface area contributed by atoms with Crippen LogP contribution in [0.4, 0.5) is 11.4 Å². The fourth-order valence-electron chi connectivity index (χ4n) is 2.68. The minimum Gasteiger partial charge on any atom is -0.459 e. The summed E-state index contributed by atoms with van der Waals surface area (Å²) in [7, 11) is 0. The number of furan rings is 1. The van der Waals surface area contributed by atoms with Crippen LogP contribution in [-0.4, -0.2) is 23.9 Å². The number of aryl methyl sites for hydroxylation is 1. The van der Waals surface area contributed by atoms with Gasteiger partial charge in [0.25, 0.3) is 11.8 Å². The second kappa shape index (κ2) is 9.41. The molecule has 0 aliphatic heterocycles. The van der Waals surface area contributed by atoms with Gasteiger partial charge in [0.2, 0.25) is 0 Å². The largest absolute Gasteiger partial charge is 0.459 e.